The lowest BCUT2D eigenvalue weighted by Gasteiger charge is -2.34. The van der Waals surface area contributed by atoms with Crippen molar-refractivity contribution in [3.05, 3.63) is 29.8 Å². The van der Waals surface area contributed by atoms with Crippen molar-refractivity contribution in [2.24, 2.45) is 0 Å². The summed E-state index contributed by atoms with van der Waals surface area (Å²) >= 11 is 0. The number of β-amino-alcohol motifs (C(OH)–C–C–N with tert-alkyl or cyclic N) is 1. The monoisotopic (exact) mass is 397 g/mol. The van der Waals surface area contributed by atoms with E-state index in [4.69, 9.17) is 5.11 Å². The standard InChI is InChI=1S/C19H31N3O4S/c1-3-9-22(10-4-2)27(25,26)18-7-5-17(6-8-18)19(24)21-13-11-20(12-14-21)15-16-23/h5-8,23H,3-4,9-16H2,1-2H3. The van der Waals surface area contributed by atoms with E-state index in [2.05, 4.69) is 4.90 Å². The van der Waals surface area contributed by atoms with Gasteiger partial charge in [-0.2, -0.15) is 4.31 Å². The minimum atomic E-state index is -3.53. The van der Waals surface area contributed by atoms with Crippen LogP contribution >= 0.6 is 0 Å². The molecule has 1 aromatic carbocycles. The van der Waals surface area contributed by atoms with Crippen LogP contribution in [0.5, 0.6) is 0 Å². The van der Waals surface area contributed by atoms with E-state index in [9.17, 15) is 13.2 Å². The van der Waals surface area contributed by atoms with Gasteiger partial charge in [-0.15, -0.1) is 0 Å². The summed E-state index contributed by atoms with van der Waals surface area (Å²) in [5.41, 5.74) is 0.502. The van der Waals surface area contributed by atoms with Gasteiger partial charge in [0.05, 0.1) is 11.5 Å². The van der Waals surface area contributed by atoms with Gasteiger partial charge in [0.2, 0.25) is 10.0 Å². The molecule has 1 aromatic rings. The van der Waals surface area contributed by atoms with Gasteiger partial charge >= 0.3 is 0 Å². The summed E-state index contributed by atoms with van der Waals surface area (Å²) in [6, 6.07) is 6.27. The van der Waals surface area contributed by atoms with Crippen LogP contribution in [0.2, 0.25) is 0 Å². The predicted molar refractivity (Wildman–Crippen MR) is 105 cm³/mol. The van der Waals surface area contributed by atoms with E-state index in [1.54, 1.807) is 17.0 Å². The highest BCUT2D eigenvalue weighted by Gasteiger charge is 2.25. The van der Waals surface area contributed by atoms with E-state index in [1.807, 2.05) is 13.8 Å². The van der Waals surface area contributed by atoms with Gasteiger partial charge < -0.3 is 10.0 Å². The number of piperazine rings is 1. The predicted octanol–water partition coefficient (Wildman–Crippen LogP) is 1.25. The molecule has 0 atom stereocenters. The first-order valence-corrected chi connectivity index (χ1v) is 11.1. The van der Waals surface area contributed by atoms with Crippen LogP contribution in [0.25, 0.3) is 0 Å². The second kappa shape index (κ2) is 10.2. The molecule has 1 heterocycles. The highest BCUT2D eigenvalue weighted by Crippen LogP contribution is 2.18. The maximum Gasteiger partial charge on any atom is 0.253 e. The summed E-state index contributed by atoms with van der Waals surface area (Å²) < 4.78 is 27.1. The van der Waals surface area contributed by atoms with E-state index in [1.165, 1.54) is 16.4 Å². The molecule has 1 N–H and O–H groups in total. The summed E-state index contributed by atoms with van der Waals surface area (Å²) in [6.45, 7) is 8.35. The quantitative estimate of drug-likeness (QED) is 0.678. The van der Waals surface area contributed by atoms with Crippen LogP contribution < -0.4 is 0 Å². The number of rotatable bonds is 9. The highest BCUT2D eigenvalue weighted by molar-refractivity contribution is 7.89. The van der Waals surface area contributed by atoms with Gasteiger partial charge in [-0.1, -0.05) is 13.8 Å². The highest BCUT2D eigenvalue weighted by atomic mass is 32.2. The van der Waals surface area contributed by atoms with Crippen molar-refractivity contribution in [1.82, 2.24) is 14.1 Å². The molecule has 0 bridgehead atoms. The first-order chi connectivity index (χ1) is 12.9. The zero-order valence-corrected chi connectivity index (χ0v) is 17.1. The molecule has 0 saturated carbocycles. The van der Waals surface area contributed by atoms with Crippen molar-refractivity contribution >= 4 is 15.9 Å². The number of carbonyl (C=O) groups excluding carboxylic acids is 1. The normalized spacial score (nSPS) is 16.1. The molecular formula is C19H31N3O4S. The number of nitrogens with zero attached hydrogens (tertiary/aromatic N) is 3. The Balaban J connectivity index is 2.07. The van der Waals surface area contributed by atoms with Gasteiger partial charge in [0.15, 0.2) is 0 Å². The largest absolute Gasteiger partial charge is 0.395 e. The molecule has 0 aliphatic carbocycles. The number of hydrogen-bond donors (Lipinski definition) is 1. The average Bonchev–Trinajstić information content (AvgIpc) is 2.68. The van der Waals surface area contributed by atoms with Crippen LogP contribution in [0.3, 0.4) is 0 Å². The van der Waals surface area contributed by atoms with Crippen LogP contribution in [-0.2, 0) is 10.0 Å². The van der Waals surface area contributed by atoms with E-state index < -0.39 is 10.0 Å². The lowest BCUT2D eigenvalue weighted by atomic mass is 10.2. The van der Waals surface area contributed by atoms with E-state index in [-0.39, 0.29) is 17.4 Å². The molecule has 1 aliphatic heterocycles. The fraction of sp³-hybridized carbons (Fsp3) is 0.632. The Bertz CT molecular complexity index is 692. The molecule has 152 valence electrons. The number of aliphatic hydroxyl groups is 1. The average molecular weight is 398 g/mol. The van der Waals surface area contributed by atoms with Crippen LogP contribution in [0.15, 0.2) is 29.2 Å². The Kier molecular flexibility index (Phi) is 8.22. The summed E-state index contributed by atoms with van der Waals surface area (Å²) in [4.78, 5) is 16.8. The number of hydrogen-bond acceptors (Lipinski definition) is 5. The van der Waals surface area contributed by atoms with Gasteiger partial charge in [0, 0.05) is 51.4 Å². The number of carbonyl (C=O) groups is 1. The van der Waals surface area contributed by atoms with Crippen molar-refractivity contribution in [2.75, 3.05) is 52.4 Å². The fourth-order valence-electron chi connectivity index (χ4n) is 3.27. The van der Waals surface area contributed by atoms with Crippen molar-refractivity contribution in [3.63, 3.8) is 0 Å². The smallest absolute Gasteiger partial charge is 0.253 e. The first kappa shape index (κ1) is 21.8. The van der Waals surface area contributed by atoms with Crippen molar-refractivity contribution in [3.8, 4) is 0 Å². The van der Waals surface area contributed by atoms with Gasteiger partial charge in [-0.05, 0) is 37.1 Å². The number of sulfonamides is 1. The molecule has 0 radical (unpaired) electrons. The van der Waals surface area contributed by atoms with Crippen LogP contribution in [-0.4, -0.2) is 86.0 Å². The van der Waals surface area contributed by atoms with Crippen molar-refractivity contribution in [2.45, 2.75) is 31.6 Å². The summed E-state index contributed by atoms with van der Waals surface area (Å²) in [5.74, 6) is -0.0819. The topological polar surface area (TPSA) is 81.2 Å². The Hall–Kier alpha value is -1.48. The van der Waals surface area contributed by atoms with Crippen LogP contribution in [0.4, 0.5) is 0 Å². The van der Waals surface area contributed by atoms with Crippen LogP contribution in [0, 0.1) is 0 Å². The molecule has 1 saturated heterocycles. The molecule has 0 spiro atoms. The lowest BCUT2D eigenvalue weighted by molar-refractivity contribution is 0.0615. The molecule has 1 amide bonds. The van der Waals surface area contributed by atoms with Gasteiger partial charge in [-0.25, -0.2) is 8.42 Å². The number of amides is 1. The van der Waals surface area contributed by atoms with E-state index in [0.29, 0.717) is 38.3 Å². The first-order valence-electron chi connectivity index (χ1n) is 9.66. The molecule has 0 aromatic heterocycles. The minimum Gasteiger partial charge on any atom is -0.395 e. The summed E-state index contributed by atoms with van der Waals surface area (Å²) in [5, 5.41) is 8.99. The zero-order chi connectivity index (χ0) is 19.9. The van der Waals surface area contributed by atoms with Crippen molar-refractivity contribution < 1.29 is 18.3 Å². The molecule has 1 fully saturated rings. The van der Waals surface area contributed by atoms with Gasteiger partial charge in [-0.3, -0.25) is 9.69 Å². The van der Waals surface area contributed by atoms with E-state index >= 15 is 0 Å². The van der Waals surface area contributed by atoms with E-state index in [0.717, 1.165) is 25.9 Å². The third kappa shape index (κ3) is 5.51. The molecule has 7 nitrogen and oxygen atoms in total. The second-order valence-corrected chi connectivity index (χ2v) is 8.72. The minimum absolute atomic E-state index is 0.0819. The maximum absolute atomic E-state index is 12.8. The van der Waals surface area contributed by atoms with Crippen molar-refractivity contribution in [1.29, 1.82) is 0 Å². The third-order valence-corrected chi connectivity index (χ3v) is 6.67. The van der Waals surface area contributed by atoms with Gasteiger partial charge in [0.1, 0.15) is 0 Å². The molecular weight excluding hydrogens is 366 g/mol. The molecule has 2 rings (SSSR count). The third-order valence-electron chi connectivity index (χ3n) is 4.76. The second-order valence-electron chi connectivity index (χ2n) is 6.79. The number of benzene rings is 1. The molecule has 8 heteroatoms. The summed E-state index contributed by atoms with van der Waals surface area (Å²) in [6.07, 6.45) is 1.52. The van der Waals surface area contributed by atoms with Crippen LogP contribution in [0.1, 0.15) is 37.0 Å². The fourth-order valence-corrected chi connectivity index (χ4v) is 4.89. The Morgan fingerprint density at radius 1 is 1.04 bits per heavy atom. The maximum atomic E-state index is 12.8. The summed E-state index contributed by atoms with van der Waals surface area (Å²) in [7, 11) is -3.53. The lowest BCUT2D eigenvalue weighted by Crippen LogP contribution is -2.49. The zero-order valence-electron chi connectivity index (χ0n) is 16.3. The number of aliphatic hydroxyl groups excluding tert-OH is 1. The molecule has 1 aliphatic rings. The Labute approximate surface area is 162 Å². The molecule has 0 unspecified atom stereocenters. The Morgan fingerprint density at radius 2 is 1.59 bits per heavy atom. The SMILES string of the molecule is CCCN(CCC)S(=O)(=O)c1ccc(C(=O)N2CCN(CCO)CC2)cc1. The Morgan fingerprint density at radius 3 is 2.07 bits per heavy atom. The van der Waals surface area contributed by atoms with Gasteiger partial charge in [0.25, 0.3) is 5.91 Å². The molecule has 27 heavy (non-hydrogen) atoms.